The van der Waals surface area contributed by atoms with Crippen molar-refractivity contribution in [2.45, 2.75) is 17.5 Å². The normalized spacial score (nSPS) is 12.0. The van der Waals surface area contributed by atoms with E-state index >= 15 is 0 Å². The van der Waals surface area contributed by atoms with Crippen LogP contribution < -0.4 is 9.73 Å². The van der Waals surface area contributed by atoms with Crippen LogP contribution in [-0.4, -0.2) is 32.6 Å². The van der Waals surface area contributed by atoms with Crippen LogP contribution in [0.25, 0.3) is 0 Å². The number of nitrogens with one attached hydrogen (secondary N) is 1. The standard InChI is InChI=1S/C22H19F3N4O3S/c1-29(33(31,32)19-10-8-18(9-11-19)22(23,24)25)20-7-3-2-6-17(20)15-27-28-21(30)13-16-5-4-12-26-14-16/h2-12,14-15H,13H2,1H3,(H,28,30)/b27-15+. The summed E-state index contributed by atoms with van der Waals surface area (Å²) < 4.78 is 65.2. The monoisotopic (exact) mass is 476 g/mol. The van der Waals surface area contributed by atoms with Gasteiger partial charge in [0.15, 0.2) is 0 Å². The molecule has 3 rings (SSSR count). The molecule has 2 aromatic carbocycles. The molecule has 1 heterocycles. The van der Waals surface area contributed by atoms with Gasteiger partial charge >= 0.3 is 6.18 Å². The number of halogens is 3. The van der Waals surface area contributed by atoms with E-state index < -0.39 is 21.8 Å². The maximum absolute atomic E-state index is 13.0. The highest BCUT2D eigenvalue weighted by atomic mass is 32.2. The summed E-state index contributed by atoms with van der Waals surface area (Å²) >= 11 is 0. The number of hydrogen-bond acceptors (Lipinski definition) is 5. The highest BCUT2D eigenvalue weighted by Crippen LogP contribution is 2.31. The lowest BCUT2D eigenvalue weighted by Gasteiger charge is -2.21. The minimum Gasteiger partial charge on any atom is -0.273 e. The maximum Gasteiger partial charge on any atom is 0.416 e. The first-order valence-electron chi connectivity index (χ1n) is 9.55. The molecular formula is C22H19F3N4O3S. The minimum absolute atomic E-state index is 0.0645. The minimum atomic E-state index is -4.57. The van der Waals surface area contributed by atoms with E-state index in [4.69, 9.17) is 0 Å². The molecule has 0 saturated heterocycles. The Bertz CT molecular complexity index is 1250. The molecule has 0 aliphatic carbocycles. The highest BCUT2D eigenvalue weighted by Gasteiger charge is 2.31. The fraction of sp³-hybridized carbons (Fsp3) is 0.136. The molecule has 0 bridgehead atoms. The zero-order valence-electron chi connectivity index (χ0n) is 17.3. The molecule has 0 unspecified atom stereocenters. The maximum atomic E-state index is 13.0. The van der Waals surface area contributed by atoms with Gasteiger partial charge in [-0.3, -0.25) is 14.1 Å². The molecule has 0 atom stereocenters. The number of anilines is 1. The van der Waals surface area contributed by atoms with E-state index in [9.17, 15) is 26.4 Å². The van der Waals surface area contributed by atoms with Crippen LogP contribution >= 0.6 is 0 Å². The van der Waals surface area contributed by atoms with Crippen LogP contribution in [0.1, 0.15) is 16.7 Å². The first-order valence-corrected chi connectivity index (χ1v) is 11.0. The van der Waals surface area contributed by atoms with Gasteiger partial charge in [0.25, 0.3) is 10.0 Å². The number of aromatic nitrogens is 1. The van der Waals surface area contributed by atoms with E-state index in [0.29, 0.717) is 23.3 Å². The molecule has 0 aliphatic rings. The Kier molecular flexibility index (Phi) is 7.12. The van der Waals surface area contributed by atoms with Gasteiger partial charge in [0.2, 0.25) is 5.91 Å². The molecule has 0 spiro atoms. The van der Waals surface area contributed by atoms with E-state index in [1.807, 2.05) is 0 Å². The molecule has 0 radical (unpaired) electrons. The van der Waals surface area contributed by atoms with Crippen molar-refractivity contribution in [1.82, 2.24) is 10.4 Å². The molecule has 11 heteroatoms. The van der Waals surface area contributed by atoms with Crippen molar-refractivity contribution in [3.05, 3.63) is 89.7 Å². The van der Waals surface area contributed by atoms with Crippen LogP contribution in [0.4, 0.5) is 18.9 Å². The molecule has 0 aliphatic heterocycles. The second-order valence-electron chi connectivity index (χ2n) is 6.88. The molecule has 0 fully saturated rings. The summed E-state index contributed by atoms with van der Waals surface area (Å²) in [4.78, 5) is 15.7. The zero-order valence-corrected chi connectivity index (χ0v) is 18.1. The van der Waals surface area contributed by atoms with Crippen LogP contribution in [0, 0.1) is 0 Å². The third-order valence-corrected chi connectivity index (χ3v) is 6.38. The number of rotatable bonds is 7. The summed E-state index contributed by atoms with van der Waals surface area (Å²) in [6, 6.07) is 13.0. The van der Waals surface area contributed by atoms with Gasteiger partial charge in [-0.1, -0.05) is 24.3 Å². The lowest BCUT2D eigenvalue weighted by atomic mass is 10.2. The van der Waals surface area contributed by atoms with Gasteiger partial charge in [-0.25, -0.2) is 13.8 Å². The predicted octanol–water partition coefficient (Wildman–Crippen LogP) is 3.62. The Labute approximate surface area is 188 Å². The number of nitrogens with zero attached hydrogens (tertiary/aromatic N) is 3. The average molecular weight is 476 g/mol. The summed E-state index contributed by atoms with van der Waals surface area (Å²) in [5, 5.41) is 3.88. The Hall–Kier alpha value is -3.73. The number of pyridine rings is 1. The van der Waals surface area contributed by atoms with E-state index in [0.717, 1.165) is 16.4 Å². The molecule has 1 aromatic heterocycles. The second kappa shape index (κ2) is 9.82. The molecule has 7 nitrogen and oxygen atoms in total. The van der Waals surface area contributed by atoms with Gasteiger partial charge in [-0.05, 0) is 42.0 Å². The van der Waals surface area contributed by atoms with E-state index in [2.05, 4.69) is 15.5 Å². The van der Waals surface area contributed by atoms with Gasteiger partial charge < -0.3 is 0 Å². The topological polar surface area (TPSA) is 91.7 Å². The van der Waals surface area contributed by atoms with Crippen molar-refractivity contribution in [3.63, 3.8) is 0 Å². The summed E-state index contributed by atoms with van der Waals surface area (Å²) in [6.45, 7) is 0. The zero-order chi connectivity index (χ0) is 24.1. The predicted molar refractivity (Wildman–Crippen MR) is 117 cm³/mol. The third kappa shape index (κ3) is 5.95. The number of carbonyl (C=O) groups is 1. The fourth-order valence-corrected chi connectivity index (χ4v) is 4.11. The second-order valence-corrected chi connectivity index (χ2v) is 8.85. The van der Waals surface area contributed by atoms with Gasteiger partial charge in [-0.15, -0.1) is 0 Å². The molecule has 3 aromatic rings. The number of alkyl halides is 3. The van der Waals surface area contributed by atoms with Crippen LogP contribution in [-0.2, 0) is 27.4 Å². The van der Waals surface area contributed by atoms with Crippen molar-refractivity contribution < 1.29 is 26.4 Å². The van der Waals surface area contributed by atoms with Gasteiger partial charge in [0.1, 0.15) is 0 Å². The first kappa shape index (κ1) is 23.9. The molecule has 1 N–H and O–H groups in total. The number of benzene rings is 2. The van der Waals surface area contributed by atoms with Crippen molar-refractivity contribution >= 4 is 27.8 Å². The summed E-state index contributed by atoms with van der Waals surface area (Å²) in [5.74, 6) is -0.387. The lowest BCUT2D eigenvalue weighted by molar-refractivity contribution is -0.137. The van der Waals surface area contributed by atoms with Crippen molar-refractivity contribution in [1.29, 1.82) is 0 Å². The fourth-order valence-electron chi connectivity index (χ4n) is 2.89. The van der Waals surface area contributed by atoms with Crippen LogP contribution in [0.3, 0.4) is 0 Å². The summed E-state index contributed by atoms with van der Waals surface area (Å²) in [5.41, 5.74) is 2.72. The molecule has 1 amide bonds. The van der Waals surface area contributed by atoms with E-state index in [1.165, 1.54) is 19.3 Å². The van der Waals surface area contributed by atoms with Crippen molar-refractivity contribution in [2.24, 2.45) is 5.10 Å². The number of hydrazone groups is 1. The lowest BCUT2D eigenvalue weighted by Crippen LogP contribution is -2.27. The highest BCUT2D eigenvalue weighted by molar-refractivity contribution is 7.92. The van der Waals surface area contributed by atoms with Crippen LogP contribution in [0.5, 0.6) is 0 Å². The Morgan fingerprint density at radius 3 is 2.42 bits per heavy atom. The van der Waals surface area contributed by atoms with Crippen LogP contribution in [0.15, 0.2) is 83.1 Å². The van der Waals surface area contributed by atoms with Crippen LogP contribution in [0.2, 0.25) is 0 Å². The van der Waals surface area contributed by atoms with E-state index in [1.54, 1.807) is 42.7 Å². The van der Waals surface area contributed by atoms with Gasteiger partial charge in [0, 0.05) is 25.0 Å². The summed E-state index contributed by atoms with van der Waals surface area (Å²) in [7, 11) is -2.87. The number of carbonyl (C=O) groups excluding carboxylic acids is 1. The largest absolute Gasteiger partial charge is 0.416 e. The Morgan fingerprint density at radius 1 is 1.09 bits per heavy atom. The SMILES string of the molecule is CN(c1ccccc1/C=N/NC(=O)Cc1cccnc1)S(=O)(=O)c1ccc(C(F)(F)F)cc1. The molecule has 172 valence electrons. The van der Waals surface area contributed by atoms with Crippen molar-refractivity contribution in [2.75, 3.05) is 11.4 Å². The van der Waals surface area contributed by atoms with Crippen molar-refractivity contribution in [3.8, 4) is 0 Å². The molecule has 0 saturated carbocycles. The van der Waals surface area contributed by atoms with E-state index in [-0.39, 0.29) is 22.9 Å². The summed E-state index contributed by atoms with van der Waals surface area (Å²) in [6.07, 6.45) is -0.0750. The number of para-hydroxylation sites is 1. The number of hydrogen-bond donors (Lipinski definition) is 1. The quantitative estimate of drug-likeness (QED) is 0.417. The van der Waals surface area contributed by atoms with Gasteiger partial charge in [-0.2, -0.15) is 18.3 Å². The average Bonchev–Trinajstić information content (AvgIpc) is 2.79. The van der Waals surface area contributed by atoms with Gasteiger partial charge in [0.05, 0.1) is 28.8 Å². The number of amides is 1. The Morgan fingerprint density at radius 2 is 1.79 bits per heavy atom. The molecular weight excluding hydrogens is 457 g/mol. The Balaban J connectivity index is 1.77. The smallest absolute Gasteiger partial charge is 0.273 e. The third-order valence-electron chi connectivity index (χ3n) is 4.60. The first-order chi connectivity index (χ1) is 15.6. The number of sulfonamides is 1. The molecule has 33 heavy (non-hydrogen) atoms.